The number of carbonyl (C=O) groups excluding carboxylic acids is 1. The summed E-state index contributed by atoms with van der Waals surface area (Å²) >= 11 is 0. The van der Waals surface area contributed by atoms with Crippen molar-refractivity contribution in [3.8, 4) is 0 Å². The van der Waals surface area contributed by atoms with Crippen molar-refractivity contribution in [2.75, 3.05) is 0 Å². The zero-order valence-electron chi connectivity index (χ0n) is 18.5. The van der Waals surface area contributed by atoms with Gasteiger partial charge in [-0.05, 0) is 68.0 Å². The predicted molar refractivity (Wildman–Crippen MR) is 119 cm³/mol. The summed E-state index contributed by atoms with van der Waals surface area (Å²) in [5.41, 5.74) is 2.95. The molecule has 2 aromatic carbocycles. The van der Waals surface area contributed by atoms with Crippen LogP contribution in [0.4, 0.5) is 8.78 Å². The molecule has 1 atom stereocenters. The summed E-state index contributed by atoms with van der Waals surface area (Å²) in [6.07, 6.45) is 1.70. The molecule has 1 aliphatic rings. The van der Waals surface area contributed by atoms with Crippen molar-refractivity contribution in [3.63, 3.8) is 0 Å². The van der Waals surface area contributed by atoms with Crippen LogP contribution in [0.1, 0.15) is 73.0 Å². The molecule has 0 saturated carbocycles. The summed E-state index contributed by atoms with van der Waals surface area (Å²) in [5, 5.41) is 9.77. The van der Waals surface area contributed by atoms with Crippen molar-refractivity contribution in [2.24, 2.45) is 0 Å². The summed E-state index contributed by atoms with van der Waals surface area (Å²) < 4.78 is 32.1. The van der Waals surface area contributed by atoms with Crippen LogP contribution < -0.4 is 0 Å². The van der Waals surface area contributed by atoms with Crippen molar-refractivity contribution < 1.29 is 28.2 Å². The molecule has 0 saturated heterocycles. The molecular formula is C26H28F2O4. The summed E-state index contributed by atoms with van der Waals surface area (Å²) in [4.78, 5) is 24.1. The van der Waals surface area contributed by atoms with Crippen LogP contribution in [0.25, 0.3) is 5.57 Å². The third-order valence-electron chi connectivity index (χ3n) is 5.42. The molecule has 0 heterocycles. The third-order valence-corrected chi connectivity index (χ3v) is 5.42. The number of esters is 1. The summed E-state index contributed by atoms with van der Waals surface area (Å²) in [6.45, 7) is 5.38. The molecule has 0 radical (unpaired) electrons. The first kappa shape index (κ1) is 23.6. The molecule has 0 fully saturated rings. The van der Waals surface area contributed by atoms with Crippen LogP contribution in [-0.2, 0) is 16.0 Å². The van der Waals surface area contributed by atoms with Crippen LogP contribution in [0.5, 0.6) is 0 Å². The van der Waals surface area contributed by atoms with Crippen LogP contribution in [-0.4, -0.2) is 28.6 Å². The van der Waals surface area contributed by atoms with Crippen molar-refractivity contribution in [1.82, 2.24) is 0 Å². The lowest BCUT2D eigenvalue weighted by atomic mass is 9.88. The van der Waals surface area contributed by atoms with Gasteiger partial charge in [-0.3, -0.25) is 4.79 Å². The highest BCUT2D eigenvalue weighted by molar-refractivity contribution is 5.89. The van der Waals surface area contributed by atoms with Gasteiger partial charge in [0.2, 0.25) is 0 Å². The summed E-state index contributed by atoms with van der Waals surface area (Å²) in [6, 6.07) is 13.8. The van der Waals surface area contributed by atoms with E-state index in [1.807, 2.05) is 0 Å². The van der Waals surface area contributed by atoms with Gasteiger partial charge < -0.3 is 9.84 Å². The third kappa shape index (κ3) is 6.25. The van der Waals surface area contributed by atoms with Gasteiger partial charge in [0.05, 0.1) is 11.5 Å². The first-order valence-corrected chi connectivity index (χ1v) is 10.7. The van der Waals surface area contributed by atoms with Gasteiger partial charge in [-0.15, -0.1) is 0 Å². The maximum absolute atomic E-state index is 13.4. The van der Waals surface area contributed by atoms with Crippen LogP contribution in [0.15, 0.2) is 54.6 Å². The van der Waals surface area contributed by atoms with Crippen molar-refractivity contribution >= 4 is 17.5 Å². The van der Waals surface area contributed by atoms with E-state index in [1.54, 1.807) is 75.4 Å². The molecular weight excluding hydrogens is 414 g/mol. The topological polar surface area (TPSA) is 63.6 Å². The first-order valence-electron chi connectivity index (χ1n) is 10.7. The highest BCUT2D eigenvalue weighted by atomic mass is 19.3. The fraction of sp³-hybridized carbons (Fsp3) is 0.385. The minimum atomic E-state index is -2.64. The Morgan fingerprint density at radius 2 is 1.69 bits per heavy atom. The number of ether oxygens (including phenoxy) is 1. The number of halogens is 2. The quantitative estimate of drug-likeness (QED) is 0.537. The first-order chi connectivity index (χ1) is 14.9. The smallest absolute Gasteiger partial charge is 0.338 e. The molecule has 1 N–H and O–H groups in total. The largest absolute Gasteiger partial charge is 0.481 e. The lowest BCUT2D eigenvalue weighted by Gasteiger charge is -2.22. The van der Waals surface area contributed by atoms with Gasteiger partial charge >= 0.3 is 11.9 Å². The molecule has 0 aromatic heterocycles. The molecule has 170 valence electrons. The molecule has 0 spiro atoms. The van der Waals surface area contributed by atoms with E-state index in [0.717, 1.165) is 16.7 Å². The number of allylic oxidation sites excluding steroid dienone is 2. The fourth-order valence-corrected chi connectivity index (χ4v) is 3.68. The summed E-state index contributed by atoms with van der Waals surface area (Å²) in [5.74, 6) is -4.78. The number of carboxylic acids is 1. The second-order valence-corrected chi connectivity index (χ2v) is 9.21. The molecule has 0 amide bonds. The monoisotopic (exact) mass is 442 g/mol. The van der Waals surface area contributed by atoms with E-state index in [-0.39, 0.29) is 19.3 Å². The van der Waals surface area contributed by atoms with E-state index in [1.165, 1.54) is 0 Å². The molecule has 4 nitrogen and oxygen atoms in total. The van der Waals surface area contributed by atoms with Gasteiger partial charge in [0.15, 0.2) is 0 Å². The Hall–Kier alpha value is -3.02. The number of rotatable bonds is 6. The zero-order chi connectivity index (χ0) is 23.5. The lowest BCUT2D eigenvalue weighted by molar-refractivity contribution is -0.138. The van der Waals surface area contributed by atoms with E-state index >= 15 is 0 Å². The van der Waals surface area contributed by atoms with Crippen molar-refractivity contribution in [3.05, 3.63) is 76.9 Å². The Morgan fingerprint density at radius 1 is 1.06 bits per heavy atom. The van der Waals surface area contributed by atoms with Gasteiger partial charge in [-0.1, -0.05) is 42.5 Å². The molecule has 32 heavy (non-hydrogen) atoms. The zero-order valence-corrected chi connectivity index (χ0v) is 18.5. The Balaban J connectivity index is 1.71. The highest BCUT2D eigenvalue weighted by Crippen LogP contribution is 2.36. The van der Waals surface area contributed by atoms with Gasteiger partial charge in [0.25, 0.3) is 5.92 Å². The van der Waals surface area contributed by atoms with Gasteiger partial charge in [0.1, 0.15) is 5.60 Å². The molecule has 1 aliphatic carbocycles. The minimum absolute atomic E-state index is 0.169. The lowest BCUT2D eigenvalue weighted by Crippen LogP contribution is -2.23. The normalized spacial score (nSPS) is 16.7. The second kappa shape index (κ2) is 9.23. The summed E-state index contributed by atoms with van der Waals surface area (Å²) in [7, 11) is 0. The van der Waals surface area contributed by atoms with E-state index in [4.69, 9.17) is 4.74 Å². The molecule has 6 heteroatoms. The Kier molecular flexibility index (Phi) is 6.82. The van der Waals surface area contributed by atoms with Crippen molar-refractivity contribution in [2.45, 2.75) is 63.9 Å². The molecule has 2 aromatic rings. The number of carboxylic acid groups (broad SMARTS) is 1. The van der Waals surface area contributed by atoms with E-state index in [0.29, 0.717) is 17.5 Å². The SMILES string of the molecule is CC(C)(C)OC(=O)c1ccc(C[C@@H](C(=O)O)c2ccc(C3=CCC(F)(F)CC3)cc2)cc1. The van der Waals surface area contributed by atoms with Gasteiger partial charge in [-0.25, -0.2) is 13.6 Å². The number of benzene rings is 2. The minimum Gasteiger partial charge on any atom is -0.481 e. The predicted octanol–water partition coefficient (Wildman–Crippen LogP) is 6.26. The highest BCUT2D eigenvalue weighted by Gasteiger charge is 2.31. The molecule has 3 rings (SSSR count). The van der Waals surface area contributed by atoms with E-state index < -0.39 is 29.4 Å². The maximum atomic E-state index is 13.4. The average Bonchev–Trinajstić information content (AvgIpc) is 2.71. The number of alkyl halides is 2. The molecule has 0 unspecified atom stereocenters. The average molecular weight is 443 g/mol. The Labute approximate surface area is 186 Å². The van der Waals surface area contributed by atoms with Crippen LogP contribution in [0, 0.1) is 0 Å². The fourth-order valence-electron chi connectivity index (χ4n) is 3.68. The molecule has 0 bridgehead atoms. The molecule has 0 aliphatic heterocycles. The van der Waals surface area contributed by atoms with Gasteiger partial charge in [-0.2, -0.15) is 0 Å². The van der Waals surface area contributed by atoms with E-state index in [9.17, 15) is 23.5 Å². The number of hydrogen-bond acceptors (Lipinski definition) is 3. The maximum Gasteiger partial charge on any atom is 0.338 e. The number of aliphatic carboxylic acids is 1. The van der Waals surface area contributed by atoms with Crippen LogP contribution in [0.3, 0.4) is 0 Å². The standard InChI is InChI=1S/C26H28F2O4/c1-25(2,3)32-24(31)21-6-4-17(5-7-21)16-22(23(29)30)20-10-8-18(9-11-20)19-12-14-26(27,28)15-13-19/h4-12,22H,13-16H2,1-3H3,(H,29,30)/t22-/m1/s1. The second-order valence-electron chi connectivity index (χ2n) is 9.21. The Bertz CT molecular complexity index is 1000. The van der Waals surface area contributed by atoms with Crippen LogP contribution in [0.2, 0.25) is 0 Å². The van der Waals surface area contributed by atoms with Crippen molar-refractivity contribution in [1.29, 1.82) is 0 Å². The number of hydrogen-bond donors (Lipinski definition) is 1. The van der Waals surface area contributed by atoms with E-state index in [2.05, 4.69) is 0 Å². The van der Waals surface area contributed by atoms with Crippen LogP contribution >= 0.6 is 0 Å². The Morgan fingerprint density at radius 3 is 2.19 bits per heavy atom. The number of carbonyl (C=O) groups is 2. The van der Waals surface area contributed by atoms with Gasteiger partial charge in [0, 0.05) is 12.8 Å².